The average molecular weight is 320 g/mol. The molecule has 0 N–H and O–H groups in total. The fourth-order valence-corrected chi connectivity index (χ4v) is 4.38. The summed E-state index contributed by atoms with van der Waals surface area (Å²) in [6, 6.07) is 0. The van der Waals surface area contributed by atoms with Crippen molar-refractivity contribution in [3.05, 3.63) is 18.2 Å². The Morgan fingerprint density at radius 3 is 2.78 bits per heavy atom. The molecule has 2 atom stereocenters. The molecule has 0 unspecified atom stereocenters. The molecule has 1 saturated carbocycles. The fraction of sp³-hybridized carbons (Fsp3) is 0.765. The van der Waals surface area contributed by atoms with Crippen LogP contribution in [-0.2, 0) is 4.74 Å². The lowest BCUT2D eigenvalue weighted by Gasteiger charge is -2.30. The third-order valence-electron chi connectivity index (χ3n) is 5.74. The molecular formula is C17H25FN4O. The molecule has 0 radical (unpaired) electrons. The number of methoxy groups -OCH3 is 1. The number of rotatable bonds is 5. The van der Waals surface area contributed by atoms with Crippen molar-refractivity contribution in [2.24, 2.45) is 17.3 Å². The highest BCUT2D eigenvalue weighted by molar-refractivity contribution is 5.33. The van der Waals surface area contributed by atoms with E-state index in [9.17, 15) is 4.39 Å². The molecule has 3 fully saturated rings. The molecule has 1 aliphatic carbocycles. The molecule has 2 aliphatic heterocycles. The minimum Gasteiger partial charge on any atom is -0.384 e. The quantitative estimate of drug-likeness (QED) is 0.827. The monoisotopic (exact) mass is 320 g/mol. The highest BCUT2D eigenvalue weighted by Crippen LogP contribution is 2.45. The number of hydrogen-bond acceptors (Lipinski definition) is 5. The second-order valence-corrected chi connectivity index (χ2v) is 7.52. The number of anilines is 1. The van der Waals surface area contributed by atoms with Crippen molar-refractivity contribution in [1.82, 2.24) is 14.9 Å². The van der Waals surface area contributed by atoms with Crippen LogP contribution in [0, 0.1) is 23.1 Å². The second kappa shape index (κ2) is 5.98. The van der Waals surface area contributed by atoms with Gasteiger partial charge in [-0.1, -0.05) is 0 Å². The van der Waals surface area contributed by atoms with Gasteiger partial charge in [0.05, 0.1) is 19.0 Å². The van der Waals surface area contributed by atoms with Crippen LogP contribution in [0.25, 0.3) is 0 Å². The van der Waals surface area contributed by atoms with Gasteiger partial charge < -0.3 is 14.5 Å². The van der Waals surface area contributed by atoms with Crippen molar-refractivity contribution in [3.8, 4) is 0 Å². The molecule has 1 aromatic rings. The van der Waals surface area contributed by atoms with Crippen molar-refractivity contribution in [3.63, 3.8) is 0 Å². The first kappa shape index (κ1) is 15.3. The Morgan fingerprint density at radius 1 is 1.30 bits per heavy atom. The van der Waals surface area contributed by atoms with E-state index in [4.69, 9.17) is 4.74 Å². The normalized spacial score (nSPS) is 31.4. The topological polar surface area (TPSA) is 41.5 Å². The van der Waals surface area contributed by atoms with Crippen molar-refractivity contribution in [1.29, 1.82) is 0 Å². The van der Waals surface area contributed by atoms with Crippen LogP contribution in [0.4, 0.5) is 10.3 Å². The van der Waals surface area contributed by atoms with E-state index in [2.05, 4.69) is 19.8 Å². The maximum absolute atomic E-state index is 13.0. The minimum absolute atomic E-state index is 0.267. The van der Waals surface area contributed by atoms with Crippen molar-refractivity contribution in [2.45, 2.75) is 19.3 Å². The zero-order valence-corrected chi connectivity index (χ0v) is 13.7. The van der Waals surface area contributed by atoms with Crippen LogP contribution in [0.3, 0.4) is 0 Å². The summed E-state index contributed by atoms with van der Waals surface area (Å²) in [6.07, 6.45) is 6.45. The van der Waals surface area contributed by atoms with Crippen LogP contribution in [0.5, 0.6) is 0 Å². The van der Waals surface area contributed by atoms with E-state index in [1.54, 1.807) is 7.11 Å². The summed E-state index contributed by atoms with van der Waals surface area (Å²) < 4.78 is 18.6. The van der Waals surface area contributed by atoms with Gasteiger partial charge in [-0.3, -0.25) is 0 Å². The Balaban J connectivity index is 1.48. The average Bonchev–Trinajstić information content (AvgIpc) is 3.15. The maximum Gasteiger partial charge on any atom is 0.225 e. The van der Waals surface area contributed by atoms with E-state index in [-0.39, 0.29) is 11.2 Å². The molecule has 0 aromatic carbocycles. The first-order valence-electron chi connectivity index (χ1n) is 8.62. The van der Waals surface area contributed by atoms with Gasteiger partial charge >= 0.3 is 0 Å². The number of aromatic nitrogens is 2. The summed E-state index contributed by atoms with van der Waals surface area (Å²) in [5, 5.41) is 0. The number of ether oxygens (including phenoxy) is 1. The van der Waals surface area contributed by atoms with E-state index in [1.807, 2.05) is 0 Å². The van der Waals surface area contributed by atoms with Gasteiger partial charge in [0.1, 0.15) is 0 Å². The summed E-state index contributed by atoms with van der Waals surface area (Å²) in [5.74, 6) is 1.76. The first-order chi connectivity index (χ1) is 11.2. The fourth-order valence-electron chi connectivity index (χ4n) is 4.38. The summed E-state index contributed by atoms with van der Waals surface area (Å²) in [7, 11) is 1.80. The molecule has 126 valence electrons. The Kier molecular flexibility index (Phi) is 3.97. The van der Waals surface area contributed by atoms with Crippen molar-refractivity contribution in [2.75, 3.05) is 51.3 Å². The van der Waals surface area contributed by atoms with Crippen LogP contribution < -0.4 is 4.90 Å². The Labute approximate surface area is 136 Å². The maximum atomic E-state index is 13.0. The van der Waals surface area contributed by atoms with Crippen LogP contribution in [0.15, 0.2) is 12.4 Å². The predicted octanol–water partition coefficient (Wildman–Crippen LogP) is 1.80. The number of halogens is 1. The molecule has 5 nitrogen and oxygen atoms in total. The van der Waals surface area contributed by atoms with E-state index < -0.39 is 0 Å². The number of hydrogen-bond donors (Lipinski definition) is 0. The third kappa shape index (κ3) is 3.06. The number of likely N-dealkylation sites (tertiary alicyclic amines) is 1. The molecule has 2 saturated heterocycles. The highest BCUT2D eigenvalue weighted by atomic mass is 19.1. The van der Waals surface area contributed by atoms with Gasteiger partial charge in [-0.2, -0.15) is 0 Å². The highest BCUT2D eigenvalue weighted by Gasteiger charge is 2.51. The van der Waals surface area contributed by atoms with Crippen molar-refractivity contribution < 1.29 is 9.13 Å². The van der Waals surface area contributed by atoms with Crippen molar-refractivity contribution >= 4 is 5.95 Å². The van der Waals surface area contributed by atoms with Crippen LogP contribution in [0.1, 0.15) is 19.3 Å². The van der Waals surface area contributed by atoms with Gasteiger partial charge in [0.15, 0.2) is 5.82 Å². The van der Waals surface area contributed by atoms with E-state index >= 15 is 0 Å². The summed E-state index contributed by atoms with van der Waals surface area (Å²) in [4.78, 5) is 13.2. The number of nitrogens with zero attached hydrogens (tertiary/aromatic N) is 4. The largest absolute Gasteiger partial charge is 0.384 e. The molecule has 3 heterocycles. The molecule has 0 amide bonds. The van der Waals surface area contributed by atoms with Gasteiger partial charge in [-0.05, 0) is 25.2 Å². The zero-order chi connectivity index (χ0) is 15.9. The molecule has 23 heavy (non-hydrogen) atoms. The third-order valence-corrected chi connectivity index (χ3v) is 5.74. The SMILES string of the molecule is COC[C@H]1CN(CC2CC2)C[C@@]12CCN(c1ncc(F)cn1)C2. The Hall–Kier alpha value is -1.27. The zero-order valence-electron chi connectivity index (χ0n) is 13.7. The summed E-state index contributed by atoms with van der Waals surface area (Å²) in [6.45, 7) is 6.25. The smallest absolute Gasteiger partial charge is 0.225 e. The lowest BCUT2D eigenvalue weighted by Crippen LogP contribution is -2.36. The van der Waals surface area contributed by atoms with Gasteiger partial charge in [-0.25, -0.2) is 14.4 Å². The molecule has 6 heteroatoms. The van der Waals surface area contributed by atoms with E-state index in [0.29, 0.717) is 11.9 Å². The molecule has 1 aromatic heterocycles. The molecule has 4 rings (SSSR count). The van der Waals surface area contributed by atoms with Crippen LogP contribution >= 0.6 is 0 Å². The van der Waals surface area contributed by atoms with E-state index in [0.717, 1.165) is 45.1 Å². The van der Waals surface area contributed by atoms with Gasteiger partial charge in [0.25, 0.3) is 0 Å². The van der Waals surface area contributed by atoms with E-state index in [1.165, 1.54) is 31.8 Å². The van der Waals surface area contributed by atoms with Gasteiger partial charge in [0, 0.05) is 51.2 Å². The summed E-state index contributed by atoms with van der Waals surface area (Å²) in [5.41, 5.74) is 0.267. The Bertz CT molecular complexity index is 550. The van der Waals surface area contributed by atoms with Crippen LogP contribution in [0.2, 0.25) is 0 Å². The minimum atomic E-state index is -0.378. The standard InChI is InChI=1S/C17H25FN4O/c1-23-10-14-9-21(8-13-2-3-13)11-17(14)4-5-22(12-17)16-19-6-15(18)7-20-16/h6-7,13-14H,2-5,8-12H2,1H3/t14-,17-/m1/s1. The lowest BCUT2D eigenvalue weighted by atomic mass is 9.78. The predicted molar refractivity (Wildman–Crippen MR) is 85.8 cm³/mol. The first-order valence-corrected chi connectivity index (χ1v) is 8.62. The van der Waals surface area contributed by atoms with Gasteiger partial charge in [0.2, 0.25) is 5.95 Å². The molecule has 0 bridgehead atoms. The van der Waals surface area contributed by atoms with Crippen LogP contribution in [-0.4, -0.2) is 61.3 Å². The lowest BCUT2D eigenvalue weighted by molar-refractivity contribution is 0.104. The molecular weight excluding hydrogens is 295 g/mol. The van der Waals surface area contributed by atoms with Gasteiger partial charge in [-0.15, -0.1) is 0 Å². The molecule has 1 spiro atoms. The molecule has 3 aliphatic rings. The summed E-state index contributed by atoms with van der Waals surface area (Å²) >= 11 is 0. The Morgan fingerprint density at radius 2 is 2.09 bits per heavy atom. The second-order valence-electron chi connectivity index (χ2n) is 7.52.